The number of pyridine rings is 1. The van der Waals surface area contributed by atoms with Gasteiger partial charge >= 0.3 is 0 Å². The minimum Gasteiger partial charge on any atom is -0.495 e. The van der Waals surface area contributed by atoms with Crippen molar-refractivity contribution >= 4 is 25.8 Å². The number of aromatic nitrogens is 1. The molecule has 0 aliphatic carbocycles. The van der Waals surface area contributed by atoms with Crippen molar-refractivity contribution in [1.29, 1.82) is 0 Å². The third kappa shape index (κ3) is 3.33. The predicted molar refractivity (Wildman–Crippen MR) is 75.8 cm³/mol. The molecule has 0 fully saturated rings. The van der Waals surface area contributed by atoms with Crippen molar-refractivity contribution in [2.24, 2.45) is 0 Å². The summed E-state index contributed by atoms with van der Waals surface area (Å²) in [5.74, 6) is 0.236. The van der Waals surface area contributed by atoms with Gasteiger partial charge in [0.05, 0.1) is 12.9 Å². The molecule has 2 aromatic rings. The predicted octanol–water partition coefficient (Wildman–Crippen LogP) is 2.83. The molecule has 6 heteroatoms. The van der Waals surface area contributed by atoms with Crippen molar-refractivity contribution < 1.29 is 13.2 Å². The number of hydrogen-bond acceptors (Lipinski definition) is 4. The van der Waals surface area contributed by atoms with E-state index in [1.807, 2.05) is 0 Å². The first-order valence-corrected chi connectivity index (χ1v) is 7.92. The highest BCUT2D eigenvalue weighted by Crippen LogP contribution is 2.29. The first-order valence-electron chi connectivity index (χ1n) is 5.48. The highest BCUT2D eigenvalue weighted by atomic mass is 79.9. The van der Waals surface area contributed by atoms with Gasteiger partial charge in [-0.2, -0.15) is 0 Å². The summed E-state index contributed by atoms with van der Waals surface area (Å²) < 4.78 is 30.6. The van der Waals surface area contributed by atoms with Crippen LogP contribution in [0.3, 0.4) is 0 Å². The van der Waals surface area contributed by atoms with Gasteiger partial charge in [-0.1, -0.05) is 22.0 Å². The second kappa shape index (κ2) is 5.71. The molecule has 0 atom stereocenters. The molecule has 1 aromatic carbocycles. The minimum absolute atomic E-state index is 0.104. The van der Waals surface area contributed by atoms with Gasteiger partial charge in [0, 0.05) is 16.9 Å². The fourth-order valence-corrected chi connectivity index (χ4v) is 3.72. The number of halogens is 1. The number of hydrogen-bond donors (Lipinski definition) is 0. The standard InChI is InChI=1S/C13H12BrNO3S/c1-18-12-5-4-11(14)7-13(12)19(16,17)9-10-3-2-6-15-8-10/h2-8H,9H2,1H3. The van der Waals surface area contributed by atoms with Crippen molar-refractivity contribution in [3.63, 3.8) is 0 Å². The molecule has 1 heterocycles. The molecule has 0 amide bonds. The zero-order valence-corrected chi connectivity index (χ0v) is 12.6. The average molecular weight is 342 g/mol. The maximum atomic E-state index is 12.4. The zero-order valence-electron chi connectivity index (χ0n) is 10.2. The van der Waals surface area contributed by atoms with E-state index >= 15 is 0 Å². The molecule has 1 aromatic heterocycles. The Hall–Kier alpha value is -1.40. The number of sulfone groups is 1. The Morgan fingerprint density at radius 3 is 2.74 bits per heavy atom. The van der Waals surface area contributed by atoms with E-state index in [1.165, 1.54) is 7.11 Å². The van der Waals surface area contributed by atoms with Crippen LogP contribution in [0, 0.1) is 0 Å². The molecule has 0 aliphatic rings. The Kier molecular flexibility index (Phi) is 4.21. The summed E-state index contributed by atoms with van der Waals surface area (Å²) in [5, 5.41) is 0. The Labute approximate surface area is 120 Å². The lowest BCUT2D eigenvalue weighted by atomic mass is 10.3. The molecule has 0 saturated heterocycles. The summed E-state index contributed by atoms with van der Waals surface area (Å²) in [4.78, 5) is 4.09. The van der Waals surface area contributed by atoms with Gasteiger partial charge in [-0.3, -0.25) is 4.98 Å². The average Bonchev–Trinajstić information content (AvgIpc) is 2.39. The van der Waals surface area contributed by atoms with E-state index in [0.29, 0.717) is 15.8 Å². The summed E-state index contributed by atoms with van der Waals surface area (Å²) >= 11 is 3.27. The summed E-state index contributed by atoms with van der Waals surface area (Å²) in [6, 6.07) is 8.35. The maximum absolute atomic E-state index is 12.4. The first kappa shape index (κ1) is 14.0. The van der Waals surface area contributed by atoms with Crippen LogP contribution in [-0.2, 0) is 15.6 Å². The molecule has 100 valence electrons. The van der Waals surface area contributed by atoms with Crippen molar-refractivity contribution in [2.75, 3.05) is 7.11 Å². The largest absolute Gasteiger partial charge is 0.495 e. The van der Waals surface area contributed by atoms with E-state index < -0.39 is 9.84 Å². The van der Waals surface area contributed by atoms with Gasteiger partial charge in [0.25, 0.3) is 0 Å². The number of ether oxygens (including phenoxy) is 1. The third-order valence-corrected chi connectivity index (χ3v) is 4.74. The van der Waals surface area contributed by atoms with Crippen molar-refractivity contribution in [2.45, 2.75) is 10.6 Å². The second-order valence-electron chi connectivity index (χ2n) is 3.92. The molecule has 0 bridgehead atoms. The topological polar surface area (TPSA) is 56.3 Å². The maximum Gasteiger partial charge on any atom is 0.186 e. The van der Waals surface area contributed by atoms with Gasteiger partial charge in [0.15, 0.2) is 9.84 Å². The van der Waals surface area contributed by atoms with Gasteiger partial charge in [0.2, 0.25) is 0 Å². The second-order valence-corrected chi connectivity index (χ2v) is 6.79. The summed E-state index contributed by atoms with van der Waals surface area (Å²) in [6.45, 7) is 0. The molecule has 2 rings (SSSR count). The van der Waals surface area contributed by atoms with E-state index in [2.05, 4.69) is 20.9 Å². The lowest BCUT2D eigenvalue weighted by Crippen LogP contribution is -2.07. The van der Waals surface area contributed by atoms with Crippen LogP contribution in [-0.4, -0.2) is 20.5 Å². The minimum atomic E-state index is -3.47. The van der Waals surface area contributed by atoms with Crippen LogP contribution >= 0.6 is 15.9 Å². The highest BCUT2D eigenvalue weighted by molar-refractivity contribution is 9.10. The van der Waals surface area contributed by atoms with Crippen molar-refractivity contribution in [3.05, 3.63) is 52.8 Å². The van der Waals surface area contributed by atoms with Gasteiger partial charge < -0.3 is 4.74 Å². The van der Waals surface area contributed by atoms with Gasteiger partial charge in [-0.05, 0) is 29.8 Å². The SMILES string of the molecule is COc1ccc(Br)cc1S(=O)(=O)Cc1cccnc1. The molecular formula is C13H12BrNO3S. The summed E-state index contributed by atoms with van der Waals surface area (Å²) in [5.41, 5.74) is 0.643. The van der Waals surface area contributed by atoms with Crippen LogP contribution < -0.4 is 4.74 Å². The smallest absolute Gasteiger partial charge is 0.186 e. The van der Waals surface area contributed by atoms with Gasteiger partial charge in [-0.15, -0.1) is 0 Å². The zero-order chi connectivity index (χ0) is 13.9. The molecule has 0 unspecified atom stereocenters. The van der Waals surface area contributed by atoms with Gasteiger partial charge in [0.1, 0.15) is 10.6 Å². The highest BCUT2D eigenvalue weighted by Gasteiger charge is 2.20. The lowest BCUT2D eigenvalue weighted by molar-refractivity contribution is 0.402. The van der Waals surface area contributed by atoms with Crippen LogP contribution in [0.15, 0.2) is 52.1 Å². The van der Waals surface area contributed by atoms with Crippen LogP contribution in [0.2, 0.25) is 0 Å². The van der Waals surface area contributed by atoms with Gasteiger partial charge in [-0.25, -0.2) is 8.42 Å². The van der Waals surface area contributed by atoms with E-state index in [4.69, 9.17) is 4.74 Å². The fourth-order valence-electron chi connectivity index (χ4n) is 1.67. The van der Waals surface area contributed by atoms with Crippen LogP contribution in [0.5, 0.6) is 5.75 Å². The number of rotatable bonds is 4. The molecule has 19 heavy (non-hydrogen) atoms. The molecule has 0 radical (unpaired) electrons. The van der Waals surface area contributed by atoms with E-state index in [9.17, 15) is 8.42 Å². The van der Waals surface area contributed by atoms with Crippen LogP contribution in [0.25, 0.3) is 0 Å². The van der Waals surface area contributed by atoms with Crippen LogP contribution in [0.1, 0.15) is 5.56 Å². The monoisotopic (exact) mass is 341 g/mol. The van der Waals surface area contributed by atoms with E-state index in [0.717, 1.165) is 0 Å². The van der Waals surface area contributed by atoms with Crippen LogP contribution in [0.4, 0.5) is 0 Å². The summed E-state index contributed by atoms with van der Waals surface area (Å²) in [7, 11) is -2.02. The summed E-state index contributed by atoms with van der Waals surface area (Å²) in [6.07, 6.45) is 3.15. The molecule has 0 N–H and O–H groups in total. The van der Waals surface area contributed by atoms with Crippen molar-refractivity contribution in [3.8, 4) is 5.75 Å². The molecule has 0 spiro atoms. The Balaban J connectivity index is 2.42. The molecule has 0 aliphatic heterocycles. The molecular weight excluding hydrogens is 330 g/mol. The van der Waals surface area contributed by atoms with E-state index in [1.54, 1.807) is 42.7 Å². The number of benzene rings is 1. The Morgan fingerprint density at radius 2 is 2.11 bits per heavy atom. The molecule has 4 nitrogen and oxygen atoms in total. The normalized spacial score (nSPS) is 11.3. The van der Waals surface area contributed by atoms with E-state index in [-0.39, 0.29) is 10.6 Å². The Bertz CT molecular complexity index is 672. The number of nitrogens with zero attached hydrogens (tertiary/aromatic N) is 1. The Morgan fingerprint density at radius 1 is 1.32 bits per heavy atom. The third-order valence-electron chi connectivity index (χ3n) is 2.54. The fraction of sp³-hybridized carbons (Fsp3) is 0.154. The first-order chi connectivity index (χ1) is 9.03. The number of methoxy groups -OCH3 is 1. The van der Waals surface area contributed by atoms with Crippen molar-refractivity contribution in [1.82, 2.24) is 4.98 Å². The quantitative estimate of drug-likeness (QED) is 0.857. The lowest BCUT2D eigenvalue weighted by Gasteiger charge is -2.10. The molecule has 0 saturated carbocycles.